The van der Waals surface area contributed by atoms with Gasteiger partial charge >= 0.3 is 5.69 Å². The van der Waals surface area contributed by atoms with E-state index in [1.54, 1.807) is 0 Å². The van der Waals surface area contributed by atoms with E-state index in [1.807, 2.05) is 0 Å². The Morgan fingerprint density at radius 1 is 1.52 bits per heavy atom. The van der Waals surface area contributed by atoms with Crippen LogP contribution in [0.3, 0.4) is 0 Å². The van der Waals surface area contributed by atoms with Crippen LogP contribution in [0, 0.1) is 0 Å². The van der Waals surface area contributed by atoms with Gasteiger partial charge in [0.25, 0.3) is 5.56 Å². The number of nitrogens with one attached hydrogen (secondary N) is 2. The molecule has 0 unspecified atom stereocenters. The summed E-state index contributed by atoms with van der Waals surface area (Å²) in [6.45, 7) is 0. The molecule has 0 bridgehead atoms. The Bertz CT molecular complexity index is 886. The summed E-state index contributed by atoms with van der Waals surface area (Å²) in [4.78, 5) is 25.0. The van der Waals surface area contributed by atoms with Gasteiger partial charge in [-0.1, -0.05) is 0 Å². The molecule has 126 valence electrons. The predicted molar refractivity (Wildman–Crippen MR) is 77.0 cm³/mol. The largest absolute Gasteiger partial charge is 0.379 e. The number of nitrogens with zero attached hydrogens (tertiary/aromatic N) is 1. The van der Waals surface area contributed by atoms with Crippen molar-refractivity contribution in [2.75, 3.05) is 14.2 Å². The van der Waals surface area contributed by atoms with E-state index in [0.29, 0.717) is 0 Å². The fourth-order valence-electron chi connectivity index (χ4n) is 2.77. The van der Waals surface area contributed by atoms with Crippen LogP contribution >= 0.6 is 0 Å². The van der Waals surface area contributed by atoms with Gasteiger partial charge in [-0.15, -0.1) is 0 Å². The van der Waals surface area contributed by atoms with Crippen molar-refractivity contribution in [3.05, 3.63) is 44.1 Å². The summed E-state index contributed by atoms with van der Waals surface area (Å²) in [5.74, 6) is 0. The molecule has 1 saturated carbocycles. The minimum Gasteiger partial charge on any atom is -0.379 e. The second kappa shape index (κ2) is 5.11. The fraction of sp³-hybridized carbons (Fsp3) is 0.500. The third-order valence-electron chi connectivity index (χ3n) is 3.98. The molecule has 2 fully saturated rings. The Morgan fingerprint density at radius 2 is 2.22 bits per heavy atom. The molecule has 1 saturated heterocycles. The Morgan fingerprint density at radius 3 is 2.78 bits per heavy atom. The normalized spacial score (nSPS) is 34.6. The molecule has 1 aliphatic carbocycles. The number of fused-ring (bicyclic) bond motifs is 1. The van der Waals surface area contributed by atoms with E-state index >= 15 is 0 Å². The zero-order valence-electron chi connectivity index (χ0n) is 12.2. The highest BCUT2D eigenvalue weighted by atomic mass is 32.2. The van der Waals surface area contributed by atoms with E-state index in [9.17, 15) is 23.1 Å². The Labute approximate surface area is 130 Å². The number of aromatic amines is 1. The lowest BCUT2D eigenvalue weighted by atomic mass is 10.1. The first-order valence-electron chi connectivity index (χ1n) is 6.62. The molecule has 2 heterocycles. The fourth-order valence-corrected chi connectivity index (χ4v) is 3.53. The van der Waals surface area contributed by atoms with Gasteiger partial charge < -0.3 is 14.6 Å². The highest BCUT2D eigenvalue weighted by molar-refractivity contribution is 7.92. The number of aromatic nitrogens is 2. The summed E-state index contributed by atoms with van der Waals surface area (Å²) in [7, 11) is -1.14. The Hall–Kier alpha value is -1.79. The number of hydrogen-bond acceptors (Lipinski definition) is 7. The van der Waals surface area contributed by atoms with Crippen LogP contribution in [0.4, 0.5) is 0 Å². The first-order chi connectivity index (χ1) is 10.7. The summed E-state index contributed by atoms with van der Waals surface area (Å²) in [6, 6.07) is 1.13. The third kappa shape index (κ3) is 2.37. The molecule has 4 atom stereocenters. The number of H-pyrrole nitrogens is 1. The highest BCUT2D eigenvalue weighted by Gasteiger charge is 2.74. The SMILES string of the molecule is CNS(=O)(=O)/C=C1/[C@H]2O[C@@H](n3ccc(=O)[nH]c3=O)[C@H](OC)[C@@]12O. The maximum absolute atomic E-state index is 11.8. The lowest BCUT2D eigenvalue weighted by molar-refractivity contribution is -0.0739. The molecule has 2 aliphatic rings. The lowest BCUT2D eigenvalue weighted by Crippen LogP contribution is -2.41. The molecule has 3 rings (SSSR count). The van der Waals surface area contributed by atoms with E-state index in [2.05, 4.69) is 9.71 Å². The first kappa shape index (κ1) is 16.1. The molecular weight excluding hydrogens is 330 g/mol. The van der Waals surface area contributed by atoms with Crippen LogP contribution in [-0.4, -0.2) is 55.0 Å². The van der Waals surface area contributed by atoms with Crippen LogP contribution in [0.25, 0.3) is 0 Å². The number of methoxy groups -OCH3 is 1. The molecule has 1 aromatic heterocycles. The van der Waals surface area contributed by atoms with Crippen LogP contribution in [0.1, 0.15) is 6.23 Å². The molecule has 11 heteroatoms. The van der Waals surface area contributed by atoms with Crippen molar-refractivity contribution >= 4 is 10.0 Å². The monoisotopic (exact) mass is 345 g/mol. The molecule has 1 aliphatic heterocycles. The van der Waals surface area contributed by atoms with E-state index in [4.69, 9.17) is 9.47 Å². The van der Waals surface area contributed by atoms with E-state index in [1.165, 1.54) is 20.4 Å². The van der Waals surface area contributed by atoms with E-state index in [0.717, 1.165) is 16.0 Å². The van der Waals surface area contributed by atoms with Crippen molar-refractivity contribution in [3.8, 4) is 0 Å². The van der Waals surface area contributed by atoms with Crippen LogP contribution in [0.5, 0.6) is 0 Å². The Balaban J connectivity index is 1.97. The summed E-state index contributed by atoms with van der Waals surface area (Å²) >= 11 is 0. The summed E-state index contributed by atoms with van der Waals surface area (Å²) in [5, 5.41) is 11.5. The molecule has 10 nitrogen and oxygen atoms in total. The third-order valence-corrected chi connectivity index (χ3v) is 5.11. The van der Waals surface area contributed by atoms with Crippen molar-refractivity contribution in [2.45, 2.75) is 24.0 Å². The van der Waals surface area contributed by atoms with Gasteiger partial charge in [0.2, 0.25) is 10.0 Å². The summed E-state index contributed by atoms with van der Waals surface area (Å²) in [6.07, 6.45) is -1.68. The van der Waals surface area contributed by atoms with Crippen molar-refractivity contribution in [2.24, 2.45) is 0 Å². The molecule has 23 heavy (non-hydrogen) atoms. The molecule has 1 aromatic rings. The van der Waals surface area contributed by atoms with Crippen molar-refractivity contribution < 1.29 is 23.0 Å². The van der Waals surface area contributed by atoms with Crippen molar-refractivity contribution in [1.82, 2.24) is 14.3 Å². The van der Waals surface area contributed by atoms with Gasteiger partial charge in [-0.05, 0) is 7.05 Å². The van der Waals surface area contributed by atoms with E-state index < -0.39 is 45.3 Å². The van der Waals surface area contributed by atoms with Crippen LogP contribution in [0.2, 0.25) is 0 Å². The smallest absolute Gasteiger partial charge is 0.330 e. The second-order valence-corrected chi connectivity index (χ2v) is 6.96. The molecule has 0 aromatic carbocycles. The second-order valence-electron chi connectivity index (χ2n) is 5.23. The van der Waals surface area contributed by atoms with Gasteiger partial charge in [0.1, 0.15) is 17.8 Å². The quantitative estimate of drug-likeness (QED) is 0.554. The van der Waals surface area contributed by atoms with Gasteiger partial charge in [-0.3, -0.25) is 14.3 Å². The maximum Gasteiger partial charge on any atom is 0.330 e. The predicted octanol–water partition coefficient (Wildman–Crippen LogP) is -2.37. The number of hydrogen-bond donors (Lipinski definition) is 3. The standard InChI is InChI=1S/C12H15N3O7S/c1-13-23(19,20)5-6-8-12(6,18)9(21-2)10(22-8)15-4-3-7(16)14-11(15)17/h3-5,8-10,13,18H,1-2H3,(H,14,16,17)/b6-5-/t8-,9+,10-,12-/m1/s1. The van der Waals surface area contributed by atoms with E-state index in [-0.39, 0.29) is 5.57 Å². The van der Waals surface area contributed by atoms with Gasteiger partial charge in [0, 0.05) is 24.9 Å². The van der Waals surface area contributed by atoms with Crippen LogP contribution in [0.15, 0.2) is 32.8 Å². The first-order valence-corrected chi connectivity index (χ1v) is 8.17. The average molecular weight is 345 g/mol. The zero-order chi connectivity index (χ0) is 17.0. The topological polar surface area (TPSA) is 140 Å². The van der Waals surface area contributed by atoms with Gasteiger partial charge in [0.15, 0.2) is 6.23 Å². The van der Waals surface area contributed by atoms with Gasteiger partial charge in [0.05, 0.1) is 5.41 Å². The van der Waals surface area contributed by atoms with Gasteiger partial charge in [-0.2, -0.15) is 0 Å². The molecular formula is C12H15N3O7S. The summed E-state index contributed by atoms with van der Waals surface area (Å²) < 4.78 is 37.1. The maximum atomic E-state index is 11.8. The van der Waals surface area contributed by atoms with Crippen molar-refractivity contribution in [3.63, 3.8) is 0 Å². The number of sulfonamides is 1. The zero-order valence-corrected chi connectivity index (χ0v) is 13.0. The van der Waals surface area contributed by atoms with Gasteiger partial charge in [-0.25, -0.2) is 17.9 Å². The van der Waals surface area contributed by atoms with Crippen LogP contribution in [-0.2, 0) is 19.5 Å². The molecule has 0 radical (unpaired) electrons. The lowest BCUT2D eigenvalue weighted by Gasteiger charge is -2.24. The van der Waals surface area contributed by atoms with Crippen molar-refractivity contribution in [1.29, 1.82) is 0 Å². The molecule has 0 amide bonds. The molecule has 3 N–H and O–H groups in total. The highest BCUT2D eigenvalue weighted by Crippen LogP contribution is 2.58. The minimum absolute atomic E-state index is 0.146. The summed E-state index contributed by atoms with van der Waals surface area (Å²) in [5.41, 5.74) is -2.78. The number of aliphatic hydroxyl groups is 1. The number of rotatable bonds is 4. The Kier molecular flexibility index (Phi) is 3.57. The molecule has 0 spiro atoms. The number of ether oxygens (including phenoxy) is 2. The van der Waals surface area contributed by atoms with Crippen LogP contribution < -0.4 is 16.0 Å². The average Bonchev–Trinajstić information content (AvgIpc) is 2.88. The minimum atomic E-state index is -3.69.